The molecule has 0 aliphatic carbocycles. The SMILES string of the molecule is C=CCC[C@H](O)Cc1ccccc1. The van der Waals surface area contributed by atoms with Crippen molar-refractivity contribution in [1.29, 1.82) is 0 Å². The van der Waals surface area contributed by atoms with Gasteiger partial charge in [-0.1, -0.05) is 36.4 Å². The Kier molecular flexibility index (Phi) is 4.27. The van der Waals surface area contributed by atoms with E-state index in [0.29, 0.717) is 0 Å². The summed E-state index contributed by atoms with van der Waals surface area (Å²) in [6.45, 7) is 3.63. The molecule has 13 heavy (non-hydrogen) atoms. The number of aliphatic hydroxyl groups is 1. The van der Waals surface area contributed by atoms with Crippen LogP contribution in [-0.2, 0) is 6.42 Å². The topological polar surface area (TPSA) is 20.2 Å². The van der Waals surface area contributed by atoms with E-state index < -0.39 is 0 Å². The first kappa shape index (κ1) is 10.0. The van der Waals surface area contributed by atoms with E-state index in [1.807, 2.05) is 36.4 Å². The molecule has 1 aromatic carbocycles. The molecule has 70 valence electrons. The molecule has 1 nitrogen and oxygen atoms in total. The molecule has 1 aromatic rings. The average Bonchev–Trinajstić information content (AvgIpc) is 2.16. The molecule has 1 N–H and O–H groups in total. The normalized spacial score (nSPS) is 12.4. The number of allylic oxidation sites excluding steroid dienone is 1. The van der Waals surface area contributed by atoms with Gasteiger partial charge in [0.15, 0.2) is 0 Å². The minimum absolute atomic E-state index is 0.236. The van der Waals surface area contributed by atoms with Crippen LogP contribution in [-0.4, -0.2) is 11.2 Å². The number of rotatable bonds is 5. The summed E-state index contributed by atoms with van der Waals surface area (Å²) < 4.78 is 0. The molecule has 0 aliphatic rings. The van der Waals surface area contributed by atoms with Crippen LogP contribution >= 0.6 is 0 Å². The van der Waals surface area contributed by atoms with Gasteiger partial charge in [-0.25, -0.2) is 0 Å². The van der Waals surface area contributed by atoms with Crippen LogP contribution in [0, 0.1) is 0 Å². The zero-order chi connectivity index (χ0) is 9.52. The fourth-order valence-corrected chi connectivity index (χ4v) is 1.30. The van der Waals surface area contributed by atoms with Crippen LogP contribution in [0.15, 0.2) is 43.0 Å². The van der Waals surface area contributed by atoms with Gasteiger partial charge in [0.1, 0.15) is 0 Å². The van der Waals surface area contributed by atoms with Gasteiger partial charge in [-0.05, 0) is 24.8 Å². The van der Waals surface area contributed by atoms with Crippen molar-refractivity contribution in [2.24, 2.45) is 0 Å². The molecule has 0 amide bonds. The summed E-state index contributed by atoms with van der Waals surface area (Å²) in [5.41, 5.74) is 1.19. The Balaban J connectivity index is 2.36. The third-order valence-electron chi connectivity index (χ3n) is 2.02. The maximum absolute atomic E-state index is 9.59. The minimum atomic E-state index is -0.236. The summed E-state index contributed by atoms with van der Waals surface area (Å²) in [6.07, 6.45) is 4.04. The van der Waals surface area contributed by atoms with Crippen LogP contribution in [0.1, 0.15) is 18.4 Å². The maximum atomic E-state index is 9.59. The molecule has 1 atom stereocenters. The van der Waals surface area contributed by atoms with Crippen molar-refractivity contribution in [2.45, 2.75) is 25.4 Å². The van der Waals surface area contributed by atoms with Gasteiger partial charge in [0.05, 0.1) is 6.10 Å². The molecule has 0 fully saturated rings. The summed E-state index contributed by atoms with van der Waals surface area (Å²) in [5, 5.41) is 9.59. The highest BCUT2D eigenvalue weighted by Gasteiger charge is 2.03. The quantitative estimate of drug-likeness (QED) is 0.683. The Morgan fingerprint density at radius 2 is 2.00 bits per heavy atom. The largest absolute Gasteiger partial charge is 0.393 e. The van der Waals surface area contributed by atoms with Gasteiger partial charge in [0.2, 0.25) is 0 Å². The van der Waals surface area contributed by atoms with Crippen molar-refractivity contribution in [3.05, 3.63) is 48.6 Å². The minimum Gasteiger partial charge on any atom is -0.393 e. The number of hydrogen-bond acceptors (Lipinski definition) is 1. The van der Waals surface area contributed by atoms with Crippen LogP contribution in [0.5, 0.6) is 0 Å². The lowest BCUT2D eigenvalue weighted by molar-refractivity contribution is 0.166. The molecule has 0 radical (unpaired) electrons. The van der Waals surface area contributed by atoms with E-state index in [1.54, 1.807) is 0 Å². The molecule has 1 rings (SSSR count). The molecule has 0 heterocycles. The standard InChI is InChI=1S/C12H16O/c1-2-3-9-12(13)10-11-7-5-4-6-8-11/h2,4-8,12-13H,1,3,9-10H2/t12-/m0/s1. The summed E-state index contributed by atoms with van der Waals surface area (Å²) in [5.74, 6) is 0. The van der Waals surface area contributed by atoms with Crippen LogP contribution in [0.25, 0.3) is 0 Å². The highest BCUT2D eigenvalue weighted by atomic mass is 16.3. The predicted octanol–water partition coefficient (Wildman–Crippen LogP) is 2.56. The van der Waals surface area contributed by atoms with Crippen LogP contribution in [0.3, 0.4) is 0 Å². The Labute approximate surface area is 79.7 Å². The first-order chi connectivity index (χ1) is 6.33. The highest BCUT2D eigenvalue weighted by molar-refractivity contribution is 5.15. The average molecular weight is 176 g/mol. The molecule has 0 saturated heterocycles. The van der Waals surface area contributed by atoms with Crippen molar-refractivity contribution in [1.82, 2.24) is 0 Å². The molecule has 0 spiro atoms. The van der Waals surface area contributed by atoms with Gasteiger partial charge in [-0.3, -0.25) is 0 Å². The smallest absolute Gasteiger partial charge is 0.0583 e. The molecule has 0 unspecified atom stereocenters. The summed E-state index contributed by atoms with van der Waals surface area (Å²) >= 11 is 0. The van der Waals surface area contributed by atoms with E-state index in [9.17, 15) is 5.11 Å². The van der Waals surface area contributed by atoms with E-state index in [-0.39, 0.29) is 6.10 Å². The van der Waals surface area contributed by atoms with E-state index in [0.717, 1.165) is 19.3 Å². The zero-order valence-electron chi connectivity index (χ0n) is 7.82. The lowest BCUT2D eigenvalue weighted by atomic mass is 10.0. The Hall–Kier alpha value is -1.08. The maximum Gasteiger partial charge on any atom is 0.0583 e. The Morgan fingerprint density at radius 3 is 2.62 bits per heavy atom. The second-order valence-corrected chi connectivity index (χ2v) is 3.21. The van der Waals surface area contributed by atoms with E-state index in [2.05, 4.69) is 6.58 Å². The first-order valence-corrected chi connectivity index (χ1v) is 4.66. The summed E-state index contributed by atoms with van der Waals surface area (Å²) in [7, 11) is 0. The second kappa shape index (κ2) is 5.55. The van der Waals surface area contributed by atoms with Crippen molar-refractivity contribution >= 4 is 0 Å². The number of benzene rings is 1. The van der Waals surface area contributed by atoms with Crippen LogP contribution in [0.4, 0.5) is 0 Å². The summed E-state index contributed by atoms with van der Waals surface area (Å²) in [6, 6.07) is 10.1. The monoisotopic (exact) mass is 176 g/mol. The first-order valence-electron chi connectivity index (χ1n) is 4.66. The van der Waals surface area contributed by atoms with Gasteiger partial charge in [-0.2, -0.15) is 0 Å². The predicted molar refractivity (Wildman–Crippen MR) is 55.6 cm³/mol. The third kappa shape index (κ3) is 3.90. The number of hydrogen-bond donors (Lipinski definition) is 1. The lowest BCUT2D eigenvalue weighted by Crippen LogP contribution is -2.09. The lowest BCUT2D eigenvalue weighted by Gasteiger charge is -2.08. The molecule has 0 aliphatic heterocycles. The highest BCUT2D eigenvalue weighted by Crippen LogP contribution is 2.07. The molecule has 1 heteroatoms. The van der Waals surface area contributed by atoms with Gasteiger partial charge in [0, 0.05) is 0 Å². The van der Waals surface area contributed by atoms with Crippen molar-refractivity contribution in [2.75, 3.05) is 0 Å². The van der Waals surface area contributed by atoms with E-state index >= 15 is 0 Å². The van der Waals surface area contributed by atoms with Crippen molar-refractivity contribution < 1.29 is 5.11 Å². The van der Waals surface area contributed by atoms with Gasteiger partial charge in [-0.15, -0.1) is 6.58 Å². The van der Waals surface area contributed by atoms with Crippen molar-refractivity contribution in [3.8, 4) is 0 Å². The van der Waals surface area contributed by atoms with Crippen LogP contribution in [0.2, 0.25) is 0 Å². The second-order valence-electron chi connectivity index (χ2n) is 3.21. The summed E-state index contributed by atoms with van der Waals surface area (Å²) in [4.78, 5) is 0. The fourth-order valence-electron chi connectivity index (χ4n) is 1.30. The zero-order valence-corrected chi connectivity index (χ0v) is 7.82. The Morgan fingerprint density at radius 1 is 1.31 bits per heavy atom. The molecular weight excluding hydrogens is 160 g/mol. The fraction of sp³-hybridized carbons (Fsp3) is 0.333. The number of aliphatic hydroxyl groups excluding tert-OH is 1. The van der Waals surface area contributed by atoms with E-state index in [4.69, 9.17) is 0 Å². The Bertz CT molecular complexity index is 241. The third-order valence-corrected chi connectivity index (χ3v) is 2.02. The molecule has 0 aromatic heterocycles. The van der Waals surface area contributed by atoms with Crippen molar-refractivity contribution in [3.63, 3.8) is 0 Å². The van der Waals surface area contributed by atoms with Gasteiger partial charge < -0.3 is 5.11 Å². The van der Waals surface area contributed by atoms with Gasteiger partial charge >= 0.3 is 0 Å². The van der Waals surface area contributed by atoms with Gasteiger partial charge in [0.25, 0.3) is 0 Å². The molecule has 0 bridgehead atoms. The molecule has 0 saturated carbocycles. The van der Waals surface area contributed by atoms with E-state index in [1.165, 1.54) is 5.56 Å². The van der Waals surface area contributed by atoms with Crippen LogP contribution < -0.4 is 0 Å². The molecular formula is C12H16O.